The lowest BCUT2D eigenvalue weighted by Gasteiger charge is -2.29. The van der Waals surface area contributed by atoms with Gasteiger partial charge in [0.25, 0.3) is 0 Å². The zero-order chi connectivity index (χ0) is 21.8. The Morgan fingerprint density at radius 1 is 1.00 bits per heavy atom. The van der Waals surface area contributed by atoms with Crippen molar-refractivity contribution in [2.75, 3.05) is 11.9 Å². The van der Waals surface area contributed by atoms with Crippen molar-refractivity contribution in [2.24, 2.45) is 17.6 Å². The first kappa shape index (κ1) is 19.4. The maximum Gasteiger partial charge on any atom is 0.250 e. The van der Waals surface area contributed by atoms with Gasteiger partial charge in [0, 0.05) is 30.3 Å². The molecule has 2 aromatic rings. The molecule has 4 atom stereocenters. The lowest BCUT2D eigenvalue weighted by Crippen LogP contribution is -2.53. The zero-order valence-corrected chi connectivity index (χ0v) is 16.7. The van der Waals surface area contributed by atoms with Crippen molar-refractivity contribution in [2.45, 2.75) is 24.4 Å². The molecule has 2 saturated heterocycles. The SMILES string of the molecule is NC(=O)C[C@@H]1N[C@@]2(C(=O)Nc3ccccc32)[C@@H]2C(=O)N(CCc3ccccc3)C(=O)[C@@H]12. The first-order valence-corrected chi connectivity index (χ1v) is 10.3. The fourth-order valence-electron chi connectivity index (χ4n) is 5.32. The number of rotatable bonds is 5. The van der Waals surface area contributed by atoms with Crippen LogP contribution in [0.4, 0.5) is 5.69 Å². The highest BCUT2D eigenvalue weighted by molar-refractivity contribution is 6.15. The number of fused-ring (bicyclic) bond motifs is 4. The van der Waals surface area contributed by atoms with E-state index in [-0.39, 0.29) is 24.8 Å². The highest BCUT2D eigenvalue weighted by Crippen LogP contribution is 2.53. The summed E-state index contributed by atoms with van der Waals surface area (Å²) in [6.07, 6.45) is 0.380. The predicted octanol–water partition coefficient (Wildman–Crippen LogP) is 0.525. The molecule has 4 N–H and O–H groups in total. The Kier molecular flexibility index (Phi) is 4.40. The Bertz CT molecular complexity index is 1100. The molecule has 8 nitrogen and oxygen atoms in total. The number of anilines is 1. The van der Waals surface area contributed by atoms with Crippen LogP contribution in [-0.2, 0) is 31.1 Å². The maximum atomic E-state index is 13.5. The van der Waals surface area contributed by atoms with Crippen LogP contribution in [0.2, 0.25) is 0 Å². The van der Waals surface area contributed by atoms with E-state index in [1.165, 1.54) is 4.90 Å². The molecule has 0 aromatic heterocycles. The van der Waals surface area contributed by atoms with Crippen LogP contribution in [0.5, 0.6) is 0 Å². The summed E-state index contributed by atoms with van der Waals surface area (Å²) in [6.45, 7) is 0.220. The molecule has 3 heterocycles. The van der Waals surface area contributed by atoms with Crippen molar-refractivity contribution in [1.82, 2.24) is 10.2 Å². The molecule has 4 amide bonds. The van der Waals surface area contributed by atoms with Crippen LogP contribution < -0.4 is 16.4 Å². The van der Waals surface area contributed by atoms with E-state index in [9.17, 15) is 19.2 Å². The molecule has 1 spiro atoms. The van der Waals surface area contributed by atoms with E-state index in [1.807, 2.05) is 30.3 Å². The predicted molar refractivity (Wildman–Crippen MR) is 111 cm³/mol. The van der Waals surface area contributed by atoms with Crippen molar-refractivity contribution in [3.63, 3.8) is 0 Å². The first-order valence-electron chi connectivity index (χ1n) is 10.3. The fraction of sp³-hybridized carbons (Fsp3) is 0.304. The summed E-state index contributed by atoms with van der Waals surface area (Å²) in [7, 11) is 0. The molecule has 3 aliphatic heterocycles. The average Bonchev–Trinajstić information content (AvgIpc) is 3.32. The van der Waals surface area contributed by atoms with E-state index < -0.39 is 35.2 Å². The number of imide groups is 1. The quantitative estimate of drug-likeness (QED) is 0.612. The van der Waals surface area contributed by atoms with Gasteiger partial charge < -0.3 is 11.1 Å². The summed E-state index contributed by atoms with van der Waals surface area (Å²) in [4.78, 5) is 53.1. The Morgan fingerprint density at radius 2 is 1.71 bits per heavy atom. The number of para-hydroxylation sites is 1. The maximum absolute atomic E-state index is 13.5. The van der Waals surface area contributed by atoms with Crippen LogP contribution in [0.25, 0.3) is 0 Å². The second kappa shape index (κ2) is 7.02. The molecule has 158 valence electrons. The molecule has 0 aliphatic carbocycles. The monoisotopic (exact) mass is 418 g/mol. The van der Waals surface area contributed by atoms with Gasteiger partial charge in [-0.15, -0.1) is 0 Å². The zero-order valence-electron chi connectivity index (χ0n) is 16.7. The molecule has 5 rings (SSSR count). The normalized spacial score (nSPS) is 28.7. The number of primary amides is 1. The minimum absolute atomic E-state index is 0.135. The molecule has 0 saturated carbocycles. The summed E-state index contributed by atoms with van der Waals surface area (Å²) in [6, 6.07) is 16.0. The van der Waals surface area contributed by atoms with Gasteiger partial charge in [-0.2, -0.15) is 0 Å². The lowest BCUT2D eigenvalue weighted by molar-refractivity contribution is -0.142. The lowest BCUT2D eigenvalue weighted by atomic mass is 9.76. The number of hydrogen-bond acceptors (Lipinski definition) is 5. The summed E-state index contributed by atoms with van der Waals surface area (Å²) in [5, 5.41) is 6.00. The summed E-state index contributed by atoms with van der Waals surface area (Å²) >= 11 is 0. The summed E-state index contributed by atoms with van der Waals surface area (Å²) < 4.78 is 0. The highest BCUT2D eigenvalue weighted by Gasteiger charge is 2.70. The number of amides is 4. The van der Waals surface area contributed by atoms with Gasteiger partial charge >= 0.3 is 0 Å². The van der Waals surface area contributed by atoms with Crippen molar-refractivity contribution < 1.29 is 19.2 Å². The highest BCUT2D eigenvalue weighted by atomic mass is 16.2. The third-order valence-electron chi connectivity index (χ3n) is 6.60. The number of carbonyl (C=O) groups is 4. The number of nitrogens with two attached hydrogens (primary N) is 1. The van der Waals surface area contributed by atoms with Crippen molar-refractivity contribution in [3.8, 4) is 0 Å². The number of carbonyl (C=O) groups excluding carboxylic acids is 4. The number of hydrogen-bond donors (Lipinski definition) is 3. The molecule has 0 radical (unpaired) electrons. The molecule has 3 aliphatic rings. The topological polar surface area (TPSA) is 122 Å². The average molecular weight is 418 g/mol. The van der Waals surface area contributed by atoms with Gasteiger partial charge in [0.2, 0.25) is 23.6 Å². The molecule has 0 bridgehead atoms. The minimum Gasteiger partial charge on any atom is -0.370 e. The van der Waals surface area contributed by atoms with E-state index in [4.69, 9.17) is 5.73 Å². The van der Waals surface area contributed by atoms with Gasteiger partial charge in [0.05, 0.1) is 11.8 Å². The Hall–Kier alpha value is -3.52. The van der Waals surface area contributed by atoms with Crippen LogP contribution in [0, 0.1) is 11.8 Å². The van der Waals surface area contributed by atoms with Gasteiger partial charge in [0.15, 0.2) is 0 Å². The minimum atomic E-state index is -1.39. The van der Waals surface area contributed by atoms with Crippen LogP contribution in [0.1, 0.15) is 17.5 Å². The fourth-order valence-corrected chi connectivity index (χ4v) is 5.32. The van der Waals surface area contributed by atoms with E-state index in [1.54, 1.807) is 24.3 Å². The molecule has 8 heteroatoms. The van der Waals surface area contributed by atoms with E-state index in [0.29, 0.717) is 17.7 Å². The Balaban J connectivity index is 1.53. The van der Waals surface area contributed by atoms with Crippen molar-refractivity contribution in [1.29, 1.82) is 0 Å². The molecule has 0 unspecified atom stereocenters. The summed E-state index contributed by atoms with van der Waals surface area (Å²) in [5.74, 6) is -3.49. The van der Waals surface area contributed by atoms with Gasteiger partial charge in [-0.3, -0.25) is 29.4 Å². The second-order valence-corrected chi connectivity index (χ2v) is 8.30. The number of benzene rings is 2. The molecule has 2 fully saturated rings. The van der Waals surface area contributed by atoms with Gasteiger partial charge in [0.1, 0.15) is 5.54 Å². The standard InChI is InChI=1S/C23H22N4O4/c24-17(28)12-16-18-19(23(26-16)14-8-4-5-9-15(14)25-22(23)31)21(30)27(20(18)29)11-10-13-6-2-1-3-7-13/h1-9,16,18-19,26H,10-12H2,(H2,24,28)(H,25,31)/t16-,18-,19-,23+/m0/s1. The van der Waals surface area contributed by atoms with Crippen LogP contribution in [-0.4, -0.2) is 41.1 Å². The van der Waals surface area contributed by atoms with Crippen molar-refractivity contribution in [3.05, 3.63) is 65.7 Å². The smallest absolute Gasteiger partial charge is 0.250 e. The molecule has 2 aromatic carbocycles. The second-order valence-electron chi connectivity index (χ2n) is 8.30. The third-order valence-corrected chi connectivity index (χ3v) is 6.60. The molecule has 31 heavy (non-hydrogen) atoms. The van der Waals surface area contributed by atoms with Crippen molar-refractivity contribution >= 4 is 29.3 Å². The molecular weight excluding hydrogens is 396 g/mol. The van der Waals surface area contributed by atoms with E-state index in [0.717, 1.165) is 5.56 Å². The largest absolute Gasteiger partial charge is 0.370 e. The van der Waals surface area contributed by atoms with Gasteiger partial charge in [-0.25, -0.2) is 0 Å². The number of nitrogens with one attached hydrogen (secondary N) is 2. The van der Waals surface area contributed by atoms with Crippen LogP contribution >= 0.6 is 0 Å². The summed E-state index contributed by atoms with van der Waals surface area (Å²) in [5.41, 5.74) is 6.26. The van der Waals surface area contributed by atoms with Crippen LogP contribution in [0.3, 0.4) is 0 Å². The van der Waals surface area contributed by atoms with Gasteiger partial charge in [-0.05, 0) is 18.1 Å². The Labute approximate surface area is 178 Å². The van der Waals surface area contributed by atoms with Gasteiger partial charge in [-0.1, -0.05) is 48.5 Å². The third kappa shape index (κ3) is 2.79. The van der Waals surface area contributed by atoms with Crippen LogP contribution in [0.15, 0.2) is 54.6 Å². The molecular formula is C23H22N4O4. The first-order chi connectivity index (χ1) is 14.9. The number of likely N-dealkylation sites (tertiary alicyclic amines) is 1. The number of nitrogens with zero attached hydrogens (tertiary/aromatic N) is 1. The Morgan fingerprint density at radius 3 is 2.45 bits per heavy atom. The van der Waals surface area contributed by atoms with E-state index >= 15 is 0 Å². The van der Waals surface area contributed by atoms with E-state index in [2.05, 4.69) is 10.6 Å².